The minimum atomic E-state index is -2.44. The molecule has 0 saturated heterocycles. The van der Waals surface area contributed by atoms with Gasteiger partial charge < -0.3 is 39.0 Å². The van der Waals surface area contributed by atoms with E-state index in [1.165, 1.54) is 164 Å². The zero-order chi connectivity index (χ0) is 32.3. The molecule has 0 bridgehead atoms. The number of unbranched alkanes of at least 4 members (excludes halogenated alkanes) is 9. The second-order valence-electron chi connectivity index (χ2n) is 12.5. The number of carboxylic acids is 2. The van der Waals surface area contributed by atoms with E-state index in [2.05, 4.69) is 41.5 Å². The number of hydrogen-bond donors (Lipinski definition) is 2. The summed E-state index contributed by atoms with van der Waals surface area (Å²) in [6.45, 7) is 25.7. The number of carboxylic acid groups (broad SMARTS) is 2. The third kappa shape index (κ3) is 20.6. The zero-order valence-electron chi connectivity index (χ0n) is 28.5. The fourth-order valence-corrected chi connectivity index (χ4v) is 5.81. The quantitative estimate of drug-likeness (QED) is 0.102. The second kappa shape index (κ2) is 27.3. The van der Waals surface area contributed by atoms with Gasteiger partial charge in [-0.1, -0.05) is 80.1 Å². The minimum Gasteiger partial charge on any atom is -0.547 e. The molecule has 0 aliphatic rings. The van der Waals surface area contributed by atoms with Crippen LogP contribution in [0.3, 0.4) is 0 Å². The second-order valence-corrected chi connectivity index (χ2v) is 12.5. The molecule has 0 saturated carbocycles. The van der Waals surface area contributed by atoms with Crippen molar-refractivity contribution in [2.75, 3.05) is 52.4 Å². The van der Waals surface area contributed by atoms with E-state index in [0.29, 0.717) is 0 Å². The third-order valence-corrected chi connectivity index (χ3v) is 8.71. The molecule has 0 aromatic heterocycles. The SMILES string of the molecule is CCCC[N+](CCCC)(CCCC)CCCCCC[N+](CCCC)(CCCC)CCCC.O=C([O-])C(O)C(O)C(=O)[O-]. The Bertz CT molecular complexity index is 548. The van der Waals surface area contributed by atoms with Crippen LogP contribution in [0, 0.1) is 0 Å². The molecule has 2 N–H and O–H groups in total. The summed E-state index contributed by atoms with van der Waals surface area (Å²) in [5.41, 5.74) is 0. The van der Waals surface area contributed by atoms with Gasteiger partial charge in [0.05, 0.1) is 64.3 Å². The van der Waals surface area contributed by atoms with E-state index < -0.39 is 24.1 Å². The van der Waals surface area contributed by atoms with E-state index >= 15 is 0 Å². The monoisotopic (exact) mass is 603 g/mol. The number of hydrogen-bond acceptors (Lipinski definition) is 6. The third-order valence-electron chi connectivity index (χ3n) is 8.71. The number of nitrogens with zero attached hydrogens (tertiary/aromatic N) is 2. The fraction of sp³-hybridized carbons (Fsp3) is 0.941. The first-order valence-electron chi connectivity index (χ1n) is 17.5. The average Bonchev–Trinajstić information content (AvgIpc) is 2.99. The minimum absolute atomic E-state index is 1.35. The summed E-state index contributed by atoms with van der Waals surface area (Å²) in [7, 11) is 0. The Hall–Kier alpha value is -1.22. The predicted octanol–water partition coefficient (Wildman–Crippen LogP) is 4.19. The van der Waals surface area contributed by atoms with Gasteiger partial charge in [0.25, 0.3) is 0 Å². The van der Waals surface area contributed by atoms with Crippen LogP contribution < -0.4 is 10.2 Å². The fourth-order valence-electron chi connectivity index (χ4n) is 5.81. The molecule has 42 heavy (non-hydrogen) atoms. The number of aliphatic hydroxyl groups excluding tert-OH is 2. The number of quaternary nitrogens is 2. The highest BCUT2D eigenvalue weighted by atomic mass is 16.4. The van der Waals surface area contributed by atoms with Crippen molar-refractivity contribution in [1.82, 2.24) is 0 Å². The van der Waals surface area contributed by atoms with Gasteiger partial charge in [-0.05, 0) is 64.2 Å². The van der Waals surface area contributed by atoms with Crippen molar-refractivity contribution >= 4 is 11.9 Å². The maximum absolute atomic E-state index is 9.63. The van der Waals surface area contributed by atoms with E-state index in [1.807, 2.05) is 0 Å². The van der Waals surface area contributed by atoms with Gasteiger partial charge in [0.15, 0.2) is 0 Å². The van der Waals surface area contributed by atoms with Crippen LogP contribution in [-0.4, -0.2) is 95.7 Å². The lowest BCUT2D eigenvalue weighted by atomic mass is 10.1. The Morgan fingerprint density at radius 1 is 0.429 bits per heavy atom. The zero-order valence-corrected chi connectivity index (χ0v) is 28.5. The highest BCUT2D eigenvalue weighted by Crippen LogP contribution is 2.20. The number of carbonyl (C=O) groups is 2. The van der Waals surface area contributed by atoms with Crippen molar-refractivity contribution < 1.29 is 39.0 Å². The lowest BCUT2D eigenvalue weighted by Gasteiger charge is -2.40. The van der Waals surface area contributed by atoms with E-state index in [0.717, 1.165) is 0 Å². The van der Waals surface area contributed by atoms with Gasteiger partial charge >= 0.3 is 0 Å². The molecule has 0 fully saturated rings. The first-order chi connectivity index (χ1) is 20.0. The summed E-state index contributed by atoms with van der Waals surface area (Å²) in [6, 6.07) is 0. The van der Waals surface area contributed by atoms with Crippen LogP contribution in [0.1, 0.15) is 144 Å². The maximum atomic E-state index is 9.63. The highest BCUT2D eigenvalue weighted by Gasteiger charge is 2.27. The summed E-state index contributed by atoms with van der Waals surface area (Å²) >= 11 is 0. The van der Waals surface area contributed by atoms with Gasteiger partial charge in [0.2, 0.25) is 0 Å². The predicted molar refractivity (Wildman–Crippen MR) is 169 cm³/mol. The Labute approximate surface area is 259 Å². The summed E-state index contributed by atoms with van der Waals surface area (Å²) in [5.74, 6) is -4.12. The molecule has 0 radical (unpaired) electrons. The van der Waals surface area contributed by atoms with Gasteiger partial charge in [-0.2, -0.15) is 0 Å². The standard InChI is InChI=1S/C30H66N2.C4H6O6/c1-7-13-23-31(24-14-8-2,25-15-9-3)29-21-19-20-22-30-32(26-16-10-4,27-17-11-5)28-18-12-6;5-1(3(7)8)2(6)4(9)10/h7-30H2,1-6H3;1-2,5-6H,(H,7,8)(H,9,10)/q+2;/p-2. The summed E-state index contributed by atoms with van der Waals surface area (Å²) in [5, 5.41) is 35.7. The highest BCUT2D eigenvalue weighted by molar-refractivity contribution is 5.80. The lowest BCUT2D eigenvalue weighted by molar-refractivity contribution is -0.929. The summed E-state index contributed by atoms with van der Waals surface area (Å²) < 4.78 is 2.86. The van der Waals surface area contributed by atoms with Crippen LogP contribution in [0.2, 0.25) is 0 Å². The molecule has 8 nitrogen and oxygen atoms in total. The van der Waals surface area contributed by atoms with Crippen molar-refractivity contribution in [2.24, 2.45) is 0 Å². The normalized spacial score (nSPS) is 13.3. The number of aliphatic carboxylic acids is 2. The molecule has 0 aliphatic carbocycles. The molecule has 2 unspecified atom stereocenters. The van der Waals surface area contributed by atoms with Crippen LogP contribution in [0.25, 0.3) is 0 Å². The Morgan fingerprint density at radius 2 is 0.619 bits per heavy atom. The number of carbonyl (C=O) groups excluding carboxylic acids is 2. The van der Waals surface area contributed by atoms with Gasteiger partial charge in [-0.25, -0.2) is 0 Å². The van der Waals surface area contributed by atoms with E-state index in [1.54, 1.807) is 0 Å². The van der Waals surface area contributed by atoms with Crippen LogP contribution in [0.4, 0.5) is 0 Å². The summed E-state index contributed by atoms with van der Waals surface area (Å²) in [6.07, 6.45) is 17.6. The topological polar surface area (TPSA) is 121 Å². The van der Waals surface area contributed by atoms with Crippen molar-refractivity contribution in [3.63, 3.8) is 0 Å². The van der Waals surface area contributed by atoms with Gasteiger partial charge in [0.1, 0.15) is 12.2 Å². The first kappa shape index (κ1) is 42.9. The smallest absolute Gasteiger partial charge is 0.124 e. The van der Waals surface area contributed by atoms with Gasteiger partial charge in [-0.15, -0.1) is 0 Å². The lowest BCUT2D eigenvalue weighted by Crippen LogP contribution is -2.51. The van der Waals surface area contributed by atoms with Crippen molar-refractivity contribution in [2.45, 2.75) is 156 Å². The van der Waals surface area contributed by atoms with Crippen LogP contribution in [-0.2, 0) is 9.59 Å². The van der Waals surface area contributed by atoms with Crippen molar-refractivity contribution in [3.8, 4) is 0 Å². The maximum Gasteiger partial charge on any atom is 0.124 e. The molecule has 0 heterocycles. The molecule has 252 valence electrons. The molecule has 0 rings (SSSR count). The first-order valence-corrected chi connectivity index (χ1v) is 17.5. The largest absolute Gasteiger partial charge is 0.547 e. The molecular formula is C34H70N2O6. The Kier molecular flexibility index (Phi) is 27.9. The number of aliphatic hydroxyl groups is 2. The van der Waals surface area contributed by atoms with Crippen molar-refractivity contribution in [3.05, 3.63) is 0 Å². The molecule has 0 aliphatic heterocycles. The Balaban J connectivity index is 0. The molecule has 2 atom stereocenters. The summed E-state index contributed by atoms with van der Waals surface area (Å²) in [4.78, 5) is 19.3. The van der Waals surface area contributed by atoms with E-state index in [4.69, 9.17) is 10.2 Å². The molecule has 0 spiro atoms. The van der Waals surface area contributed by atoms with Crippen LogP contribution >= 0.6 is 0 Å². The van der Waals surface area contributed by atoms with Crippen LogP contribution in [0.5, 0.6) is 0 Å². The van der Waals surface area contributed by atoms with Gasteiger partial charge in [-0.3, -0.25) is 0 Å². The average molecular weight is 603 g/mol. The number of rotatable bonds is 28. The molecule has 0 aromatic rings. The molecule has 0 aromatic carbocycles. The molecule has 0 amide bonds. The van der Waals surface area contributed by atoms with Crippen LogP contribution in [0.15, 0.2) is 0 Å². The molecule has 8 heteroatoms. The van der Waals surface area contributed by atoms with Crippen molar-refractivity contribution in [1.29, 1.82) is 0 Å². The molecular weight excluding hydrogens is 532 g/mol. The van der Waals surface area contributed by atoms with E-state index in [9.17, 15) is 19.8 Å². The van der Waals surface area contributed by atoms with E-state index in [-0.39, 0.29) is 0 Å². The Morgan fingerprint density at radius 3 is 0.786 bits per heavy atom. The van der Waals surface area contributed by atoms with Gasteiger partial charge in [0, 0.05) is 0 Å².